The molecule has 0 spiro atoms. The molecule has 0 aliphatic heterocycles. The Labute approximate surface area is 89.5 Å². The smallest absolute Gasteiger partial charge is 0.244 e. The lowest BCUT2D eigenvalue weighted by molar-refractivity contribution is -0.114. The lowest BCUT2D eigenvalue weighted by Gasteiger charge is -2.03. The third-order valence-electron chi connectivity index (χ3n) is 1.94. The molecule has 1 aromatic rings. The highest BCUT2D eigenvalue weighted by atomic mass is 16.5. The van der Waals surface area contributed by atoms with E-state index in [-0.39, 0.29) is 0 Å². The summed E-state index contributed by atoms with van der Waals surface area (Å²) in [6.45, 7) is 4.24. The maximum atomic E-state index is 10.8. The van der Waals surface area contributed by atoms with Crippen LogP contribution in [0.4, 0.5) is 0 Å². The summed E-state index contributed by atoms with van der Waals surface area (Å²) in [4.78, 5) is 10.8. The lowest BCUT2D eigenvalue weighted by Crippen LogP contribution is -2.11. The van der Waals surface area contributed by atoms with E-state index in [1.54, 1.807) is 13.0 Å². The van der Waals surface area contributed by atoms with Gasteiger partial charge in [-0.05, 0) is 37.6 Å². The molecule has 0 heterocycles. The summed E-state index contributed by atoms with van der Waals surface area (Å²) in [5.74, 6) is 0.389. The number of nitrogens with two attached hydrogens (primary N) is 1. The Morgan fingerprint density at radius 2 is 2.27 bits per heavy atom. The molecule has 0 bridgehead atoms. The van der Waals surface area contributed by atoms with Crippen molar-refractivity contribution in [3.8, 4) is 5.75 Å². The van der Waals surface area contributed by atoms with Crippen molar-refractivity contribution < 1.29 is 9.53 Å². The van der Waals surface area contributed by atoms with E-state index in [0.29, 0.717) is 12.2 Å². The molecule has 0 aromatic heterocycles. The highest BCUT2D eigenvalue weighted by Gasteiger charge is 1.98. The molecule has 2 N–H and O–H groups in total. The van der Waals surface area contributed by atoms with Crippen LogP contribution in [-0.2, 0) is 4.79 Å². The average Bonchev–Trinajstić information content (AvgIpc) is 2.18. The van der Waals surface area contributed by atoms with E-state index in [4.69, 9.17) is 10.5 Å². The summed E-state index contributed by atoms with van der Waals surface area (Å²) in [6.07, 6.45) is 1.74. The zero-order chi connectivity index (χ0) is 11.3. The van der Waals surface area contributed by atoms with Gasteiger partial charge in [-0.3, -0.25) is 4.79 Å². The number of benzene rings is 1. The number of carbonyl (C=O) groups is 1. The van der Waals surface area contributed by atoms with E-state index < -0.39 is 5.91 Å². The number of primary amides is 1. The first-order valence-corrected chi connectivity index (χ1v) is 4.84. The summed E-state index contributed by atoms with van der Waals surface area (Å²) in [5.41, 5.74) is 6.59. The van der Waals surface area contributed by atoms with Gasteiger partial charge in [-0.25, -0.2) is 0 Å². The van der Waals surface area contributed by atoms with Crippen molar-refractivity contribution in [2.24, 2.45) is 5.73 Å². The second-order valence-electron chi connectivity index (χ2n) is 3.20. The molecule has 0 aliphatic rings. The molecular weight excluding hydrogens is 190 g/mol. The molecule has 15 heavy (non-hydrogen) atoms. The maximum absolute atomic E-state index is 10.8. The Hall–Kier alpha value is -1.77. The summed E-state index contributed by atoms with van der Waals surface area (Å²) >= 11 is 0. The van der Waals surface area contributed by atoms with Gasteiger partial charge in [0.2, 0.25) is 5.91 Å². The Bertz CT molecular complexity index is 383. The molecule has 0 radical (unpaired) electrons. The van der Waals surface area contributed by atoms with Crippen LogP contribution in [0.5, 0.6) is 5.75 Å². The fourth-order valence-electron chi connectivity index (χ4n) is 1.18. The number of carbonyl (C=O) groups excluding carboxylic acids is 1. The third kappa shape index (κ3) is 3.46. The Kier molecular flexibility index (Phi) is 3.92. The molecule has 0 saturated carbocycles. The van der Waals surface area contributed by atoms with Crippen LogP contribution in [0.1, 0.15) is 19.4 Å². The first-order chi connectivity index (χ1) is 7.13. The van der Waals surface area contributed by atoms with E-state index in [1.807, 2.05) is 31.2 Å². The zero-order valence-corrected chi connectivity index (χ0v) is 8.99. The standard InChI is InChI=1S/C12H15NO2/c1-3-15-11-6-4-5-10(8-11)7-9(2)12(13)14/h4-8H,3H2,1-2H3,(H2,13,14). The van der Waals surface area contributed by atoms with Gasteiger partial charge in [-0.1, -0.05) is 12.1 Å². The predicted molar refractivity (Wildman–Crippen MR) is 60.5 cm³/mol. The largest absolute Gasteiger partial charge is 0.494 e. The van der Waals surface area contributed by atoms with Crippen molar-refractivity contribution >= 4 is 12.0 Å². The van der Waals surface area contributed by atoms with Gasteiger partial charge in [-0.2, -0.15) is 0 Å². The van der Waals surface area contributed by atoms with Gasteiger partial charge in [0.25, 0.3) is 0 Å². The molecule has 0 saturated heterocycles. The monoisotopic (exact) mass is 205 g/mol. The first kappa shape index (κ1) is 11.3. The van der Waals surface area contributed by atoms with Gasteiger partial charge in [0.15, 0.2) is 0 Å². The van der Waals surface area contributed by atoms with E-state index in [9.17, 15) is 4.79 Å². The van der Waals surface area contributed by atoms with Crippen molar-refractivity contribution in [3.05, 3.63) is 35.4 Å². The molecule has 1 amide bonds. The van der Waals surface area contributed by atoms with Crippen LogP contribution in [0.3, 0.4) is 0 Å². The normalized spacial score (nSPS) is 11.2. The van der Waals surface area contributed by atoms with Crippen molar-refractivity contribution in [2.75, 3.05) is 6.61 Å². The number of hydrogen-bond donors (Lipinski definition) is 1. The van der Waals surface area contributed by atoms with E-state index in [2.05, 4.69) is 0 Å². The molecule has 3 nitrogen and oxygen atoms in total. The Balaban J connectivity index is 2.91. The van der Waals surface area contributed by atoms with Crippen molar-refractivity contribution in [1.82, 2.24) is 0 Å². The highest BCUT2D eigenvalue weighted by Crippen LogP contribution is 2.15. The summed E-state index contributed by atoms with van der Waals surface area (Å²) in [6, 6.07) is 7.52. The van der Waals surface area contributed by atoms with Crippen LogP contribution < -0.4 is 10.5 Å². The number of rotatable bonds is 4. The van der Waals surface area contributed by atoms with Crippen LogP contribution in [0.25, 0.3) is 6.08 Å². The van der Waals surface area contributed by atoms with Crippen molar-refractivity contribution in [2.45, 2.75) is 13.8 Å². The van der Waals surface area contributed by atoms with Gasteiger partial charge in [-0.15, -0.1) is 0 Å². The topological polar surface area (TPSA) is 52.3 Å². The quantitative estimate of drug-likeness (QED) is 0.764. The SMILES string of the molecule is CCOc1cccc(C=C(C)C(N)=O)c1. The third-order valence-corrected chi connectivity index (χ3v) is 1.94. The molecule has 1 aromatic carbocycles. The zero-order valence-electron chi connectivity index (χ0n) is 8.99. The number of amides is 1. The van der Waals surface area contributed by atoms with Crippen LogP contribution >= 0.6 is 0 Å². The fraction of sp³-hybridized carbons (Fsp3) is 0.250. The van der Waals surface area contributed by atoms with E-state index in [0.717, 1.165) is 11.3 Å². The Morgan fingerprint density at radius 3 is 2.87 bits per heavy atom. The van der Waals surface area contributed by atoms with Crippen LogP contribution in [-0.4, -0.2) is 12.5 Å². The minimum absolute atomic E-state index is 0.406. The molecule has 80 valence electrons. The van der Waals surface area contributed by atoms with Crippen molar-refractivity contribution in [1.29, 1.82) is 0 Å². The highest BCUT2D eigenvalue weighted by molar-refractivity contribution is 5.95. The molecule has 0 fully saturated rings. The molecular formula is C12H15NO2. The first-order valence-electron chi connectivity index (χ1n) is 4.84. The second kappa shape index (κ2) is 5.20. The van der Waals surface area contributed by atoms with E-state index >= 15 is 0 Å². The summed E-state index contributed by atoms with van der Waals surface area (Å²) in [7, 11) is 0. The molecule has 0 aliphatic carbocycles. The fourth-order valence-corrected chi connectivity index (χ4v) is 1.18. The van der Waals surface area contributed by atoms with Gasteiger partial charge >= 0.3 is 0 Å². The van der Waals surface area contributed by atoms with Gasteiger partial charge < -0.3 is 10.5 Å². The average molecular weight is 205 g/mol. The Morgan fingerprint density at radius 1 is 1.53 bits per heavy atom. The van der Waals surface area contributed by atoms with Gasteiger partial charge in [0, 0.05) is 5.57 Å². The molecule has 0 atom stereocenters. The number of hydrogen-bond acceptors (Lipinski definition) is 2. The minimum atomic E-state index is -0.406. The maximum Gasteiger partial charge on any atom is 0.244 e. The molecule has 0 unspecified atom stereocenters. The van der Waals surface area contributed by atoms with Crippen molar-refractivity contribution in [3.63, 3.8) is 0 Å². The predicted octanol–water partition coefficient (Wildman–Crippen LogP) is 1.97. The van der Waals surface area contributed by atoms with Gasteiger partial charge in [0.05, 0.1) is 6.61 Å². The number of ether oxygens (including phenoxy) is 1. The summed E-state index contributed by atoms with van der Waals surface area (Å²) in [5, 5.41) is 0. The molecule has 3 heteroatoms. The second-order valence-corrected chi connectivity index (χ2v) is 3.20. The van der Waals surface area contributed by atoms with Crippen LogP contribution in [0, 0.1) is 0 Å². The van der Waals surface area contributed by atoms with Crippen LogP contribution in [0.15, 0.2) is 29.8 Å². The van der Waals surface area contributed by atoms with Gasteiger partial charge in [0.1, 0.15) is 5.75 Å². The summed E-state index contributed by atoms with van der Waals surface area (Å²) < 4.78 is 5.34. The minimum Gasteiger partial charge on any atom is -0.494 e. The van der Waals surface area contributed by atoms with Crippen LogP contribution in [0.2, 0.25) is 0 Å². The molecule has 1 rings (SSSR count). The lowest BCUT2D eigenvalue weighted by atomic mass is 10.1. The van der Waals surface area contributed by atoms with E-state index in [1.165, 1.54) is 0 Å².